The molecule has 0 aliphatic carbocycles. The van der Waals surface area contributed by atoms with Crippen molar-refractivity contribution in [1.29, 1.82) is 0 Å². The van der Waals surface area contributed by atoms with Crippen molar-refractivity contribution in [3.63, 3.8) is 0 Å². The lowest BCUT2D eigenvalue weighted by atomic mass is 10.5. The highest BCUT2D eigenvalue weighted by Crippen LogP contribution is 1.74. The molecule has 0 fully saturated rings. The molecule has 0 aliphatic rings. The first kappa shape index (κ1) is 19.0. The van der Waals surface area contributed by atoms with Gasteiger partial charge in [0.05, 0.1) is 0 Å². The van der Waals surface area contributed by atoms with E-state index >= 15 is 0 Å². The fourth-order valence-corrected chi connectivity index (χ4v) is 0.129. The van der Waals surface area contributed by atoms with Crippen molar-refractivity contribution in [1.82, 2.24) is 0 Å². The number of carbonyl (C=O) groups is 5. The first-order valence-electron chi connectivity index (χ1n) is 3.16. The average molecular weight is 240 g/mol. The number of hydrogen-bond acceptors (Lipinski definition) is 5. The lowest BCUT2D eigenvalue weighted by molar-refractivity contribution is -0.159. The van der Waals surface area contributed by atoms with E-state index in [4.69, 9.17) is 39.9 Å². The first-order chi connectivity index (χ1) is 7.18. The van der Waals surface area contributed by atoms with Crippen LogP contribution < -0.4 is 0 Å². The third-order valence-corrected chi connectivity index (χ3v) is 0.485. The lowest BCUT2D eigenvalue weighted by Gasteiger charge is -1.80. The zero-order chi connectivity index (χ0) is 13.7. The average Bonchev–Trinajstić information content (AvgIpc) is 2.03. The minimum Gasteiger partial charge on any atom is -0.483 e. The summed E-state index contributed by atoms with van der Waals surface area (Å²) in [6, 6.07) is 0. The van der Waals surface area contributed by atoms with Crippen molar-refractivity contribution in [2.45, 2.75) is 6.42 Å². The second-order valence-corrected chi connectivity index (χ2v) is 1.68. The molecule has 0 aromatic rings. The van der Waals surface area contributed by atoms with E-state index in [1.54, 1.807) is 0 Å². The Hall–Kier alpha value is -2.65. The van der Waals surface area contributed by atoms with Crippen molar-refractivity contribution in [3.05, 3.63) is 0 Å². The molecule has 0 aromatic carbocycles. The van der Waals surface area contributed by atoms with Crippen LogP contribution in [0, 0.1) is 0 Å². The van der Waals surface area contributed by atoms with Gasteiger partial charge in [0, 0.05) is 0 Å². The molecule has 0 saturated carbocycles. The molecular formula is C6H8O10. The maximum Gasteiger partial charge on any atom is 0.414 e. The summed E-state index contributed by atoms with van der Waals surface area (Å²) in [4.78, 5) is 45.4. The summed E-state index contributed by atoms with van der Waals surface area (Å²) in [6.07, 6.45) is -0.806. The van der Waals surface area contributed by atoms with Gasteiger partial charge in [-0.15, -0.1) is 0 Å². The van der Waals surface area contributed by atoms with Gasteiger partial charge in [-0.1, -0.05) is 0 Å². The third kappa shape index (κ3) is 42.5. The zero-order valence-corrected chi connectivity index (χ0v) is 7.56. The van der Waals surface area contributed by atoms with Crippen LogP contribution >= 0.6 is 0 Å². The Bertz CT molecular complexity index is 242. The fraction of sp³-hybridized carbons (Fsp3) is 0.167. The highest BCUT2D eigenvalue weighted by Gasteiger charge is 2.04. The van der Waals surface area contributed by atoms with Crippen LogP contribution in [-0.2, 0) is 24.0 Å². The predicted molar refractivity (Wildman–Crippen MR) is 43.9 cm³/mol. The van der Waals surface area contributed by atoms with Gasteiger partial charge in [0.25, 0.3) is 6.47 Å². The molecule has 10 heteroatoms. The van der Waals surface area contributed by atoms with Gasteiger partial charge in [-0.3, -0.25) is 14.4 Å². The van der Waals surface area contributed by atoms with Gasteiger partial charge >= 0.3 is 23.9 Å². The lowest BCUT2D eigenvalue weighted by Crippen LogP contribution is -2.09. The van der Waals surface area contributed by atoms with Crippen LogP contribution in [0.5, 0.6) is 0 Å². The molecule has 0 bridgehead atoms. The van der Waals surface area contributed by atoms with E-state index in [0.717, 1.165) is 0 Å². The monoisotopic (exact) mass is 240 g/mol. The molecule has 0 spiro atoms. The summed E-state index contributed by atoms with van der Waals surface area (Å²) in [5.41, 5.74) is 0. The molecule has 0 radical (unpaired) electrons. The maximum absolute atomic E-state index is 9.43. The van der Waals surface area contributed by atoms with Gasteiger partial charge < -0.3 is 25.5 Å². The summed E-state index contributed by atoms with van der Waals surface area (Å²) >= 11 is 0. The van der Waals surface area contributed by atoms with E-state index in [2.05, 4.69) is 0 Å². The van der Waals surface area contributed by atoms with Gasteiger partial charge in [-0.05, 0) is 0 Å². The largest absolute Gasteiger partial charge is 0.483 e. The quantitative estimate of drug-likeness (QED) is 0.213. The molecule has 0 atom stereocenters. The van der Waals surface area contributed by atoms with E-state index in [1.807, 2.05) is 0 Å². The predicted octanol–water partition coefficient (Wildman–Crippen LogP) is -1.60. The summed E-state index contributed by atoms with van der Waals surface area (Å²) in [5.74, 6) is -6.27. The van der Waals surface area contributed by atoms with Gasteiger partial charge in [0.1, 0.15) is 6.42 Å². The van der Waals surface area contributed by atoms with Crippen molar-refractivity contribution >= 4 is 30.3 Å². The number of aliphatic carboxylic acids is 4. The molecule has 0 aliphatic heterocycles. The van der Waals surface area contributed by atoms with Crippen molar-refractivity contribution in [2.75, 3.05) is 0 Å². The Kier molecular flexibility index (Phi) is 14.7. The molecule has 0 unspecified atom stereocenters. The number of carboxylic acids is 4. The number of rotatable bonds is 2. The summed E-state index contributed by atoms with van der Waals surface area (Å²) in [6.45, 7) is -0.250. The van der Waals surface area contributed by atoms with Gasteiger partial charge in [-0.25, -0.2) is 9.59 Å². The molecule has 5 N–H and O–H groups in total. The SMILES string of the molecule is O=C(O)C(=O)O.O=C(O)CC(=O)O.O=CO. The maximum atomic E-state index is 9.43. The summed E-state index contributed by atoms with van der Waals surface area (Å²) in [7, 11) is 0. The molecule has 0 amide bonds. The van der Waals surface area contributed by atoms with Crippen LogP contribution in [-0.4, -0.2) is 55.9 Å². The molecule has 0 heterocycles. The highest BCUT2D eigenvalue weighted by molar-refractivity contribution is 6.27. The summed E-state index contributed by atoms with van der Waals surface area (Å²) in [5, 5.41) is 37.1. The van der Waals surface area contributed by atoms with E-state index in [0.29, 0.717) is 0 Å². The molecule has 92 valence electrons. The van der Waals surface area contributed by atoms with Crippen LogP contribution in [0.2, 0.25) is 0 Å². The van der Waals surface area contributed by atoms with Gasteiger partial charge in [0.2, 0.25) is 0 Å². The van der Waals surface area contributed by atoms with E-state index in [-0.39, 0.29) is 6.47 Å². The Morgan fingerprint density at radius 2 is 1.00 bits per heavy atom. The topological polar surface area (TPSA) is 186 Å². The van der Waals surface area contributed by atoms with Crippen LogP contribution in [0.4, 0.5) is 0 Å². The second-order valence-electron chi connectivity index (χ2n) is 1.68. The molecule has 0 saturated heterocycles. The standard InChI is InChI=1S/C3H4O4.C2H2O4.CH2O2/c4-2(5)1-3(6)7;3-1(4)2(5)6;2-1-3/h1H2,(H,4,5)(H,6,7);(H,3,4)(H,5,6);1H,(H,2,3). The van der Waals surface area contributed by atoms with Crippen molar-refractivity contribution in [2.24, 2.45) is 0 Å². The highest BCUT2D eigenvalue weighted by atomic mass is 16.4. The second kappa shape index (κ2) is 12.3. The minimum atomic E-state index is -1.82. The zero-order valence-electron chi connectivity index (χ0n) is 7.56. The van der Waals surface area contributed by atoms with Crippen LogP contribution in [0.15, 0.2) is 0 Å². The Labute approximate surface area is 87.4 Å². The van der Waals surface area contributed by atoms with Crippen LogP contribution in [0.1, 0.15) is 6.42 Å². The first-order valence-corrected chi connectivity index (χ1v) is 3.16. The van der Waals surface area contributed by atoms with Crippen molar-refractivity contribution in [3.8, 4) is 0 Å². The van der Waals surface area contributed by atoms with E-state index in [1.165, 1.54) is 0 Å². The minimum absolute atomic E-state index is 0.250. The van der Waals surface area contributed by atoms with Crippen LogP contribution in [0.3, 0.4) is 0 Å². The molecular weight excluding hydrogens is 232 g/mol. The van der Waals surface area contributed by atoms with Crippen molar-refractivity contribution < 1.29 is 49.5 Å². The number of carboxylic acid groups (broad SMARTS) is 5. The van der Waals surface area contributed by atoms with E-state index in [9.17, 15) is 9.59 Å². The Balaban J connectivity index is -0.000000172. The fourth-order valence-electron chi connectivity index (χ4n) is 0.129. The Morgan fingerprint density at radius 3 is 1.00 bits per heavy atom. The normalized spacial score (nSPS) is 7.00. The number of hydrogen-bond donors (Lipinski definition) is 5. The smallest absolute Gasteiger partial charge is 0.414 e. The molecule has 10 nitrogen and oxygen atoms in total. The van der Waals surface area contributed by atoms with Crippen LogP contribution in [0.25, 0.3) is 0 Å². The molecule has 16 heavy (non-hydrogen) atoms. The Morgan fingerprint density at radius 1 is 0.812 bits per heavy atom. The van der Waals surface area contributed by atoms with E-state index < -0.39 is 30.3 Å². The van der Waals surface area contributed by atoms with Gasteiger partial charge in [-0.2, -0.15) is 0 Å². The van der Waals surface area contributed by atoms with Gasteiger partial charge in [0.15, 0.2) is 0 Å². The third-order valence-electron chi connectivity index (χ3n) is 0.485. The summed E-state index contributed by atoms with van der Waals surface area (Å²) < 4.78 is 0. The molecule has 0 rings (SSSR count). The molecule has 0 aromatic heterocycles.